The van der Waals surface area contributed by atoms with Crippen molar-refractivity contribution in [2.75, 3.05) is 6.61 Å². The quantitative estimate of drug-likeness (QED) is 0.738. The van der Waals surface area contributed by atoms with Gasteiger partial charge in [0.25, 0.3) is 0 Å². The first-order chi connectivity index (χ1) is 9.39. The minimum absolute atomic E-state index is 0.305. The molecular formula is C15H20BNO3. The van der Waals surface area contributed by atoms with Gasteiger partial charge in [-0.1, -0.05) is 5.98 Å². The van der Waals surface area contributed by atoms with Crippen LogP contribution in [-0.4, -0.2) is 29.9 Å². The van der Waals surface area contributed by atoms with Gasteiger partial charge in [-0.25, -0.2) is 0 Å². The molecule has 0 aromatic carbocycles. The van der Waals surface area contributed by atoms with E-state index in [9.17, 15) is 0 Å². The lowest BCUT2D eigenvalue weighted by atomic mass is 9.83. The second-order valence-corrected chi connectivity index (χ2v) is 6.29. The van der Waals surface area contributed by atoms with Crippen LogP contribution in [-0.2, 0) is 9.31 Å². The van der Waals surface area contributed by atoms with Crippen LogP contribution in [0.4, 0.5) is 0 Å². The van der Waals surface area contributed by atoms with E-state index in [1.165, 1.54) is 5.57 Å². The van der Waals surface area contributed by atoms with E-state index in [0.717, 1.165) is 17.7 Å². The smallest absolute Gasteiger partial charge is 0.487 e. The van der Waals surface area contributed by atoms with Gasteiger partial charge in [0.1, 0.15) is 5.75 Å². The molecule has 0 unspecified atom stereocenters. The Labute approximate surface area is 120 Å². The summed E-state index contributed by atoms with van der Waals surface area (Å²) < 4.78 is 17.7. The Morgan fingerprint density at radius 1 is 1.20 bits per heavy atom. The van der Waals surface area contributed by atoms with E-state index < -0.39 is 0 Å². The van der Waals surface area contributed by atoms with Gasteiger partial charge < -0.3 is 14.0 Å². The number of hydrogen-bond acceptors (Lipinski definition) is 4. The van der Waals surface area contributed by atoms with E-state index >= 15 is 0 Å². The molecule has 106 valence electrons. The van der Waals surface area contributed by atoms with Crippen molar-refractivity contribution in [2.24, 2.45) is 0 Å². The van der Waals surface area contributed by atoms with Gasteiger partial charge in [-0.3, -0.25) is 4.98 Å². The molecule has 0 saturated carbocycles. The molecule has 1 saturated heterocycles. The first-order valence-electron chi connectivity index (χ1n) is 7.03. The highest BCUT2D eigenvalue weighted by Gasteiger charge is 2.50. The molecule has 3 heterocycles. The third kappa shape index (κ3) is 2.25. The number of nitrogens with zero attached hydrogens (tertiary/aromatic N) is 1. The first kappa shape index (κ1) is 13.6. The van der Waals surface area contributed by atoms with Crippen LogP contribution in [0, 0.1) is 0 Å². The highest BCUT2D eigenvalue weighted by atomic mass is 16.7. The Balaban J connectivity index is 1.88. The summed E-state index contributed by atoms with van der Waals surface area (Å²) in [4.78, 5) is 4.10. The van der Waals surface area contributed by atoms with Gasteiger partial charge >= 0.3 is 7.12 Å². The van der Waals surface area contributed by atoms with Crippen molar-refractivity contribution < 1.29 is 14.0 Å². The first-order valence-corrected chi connectivity index (χ1v) is 7.03. The Kier molecular flexibility index (Phi) is 3.14. The van der Waals surface area contributed by atoms with Crippen molar-refractivity contribution >= 4 is 12.7 Å². The van der Waals surface area contributed by atoms with Crippen LogP contribution in [0.15, 0.2) is 24.4 Å². The molecule has 20 heavy (non-hydrogen) atoms. The number of aromatic nitrogens is 1. The van der Waals surface area contributed by atoms with Gasteiger partial charge in [0.05, 0.1) is 24.0 Å². The predicted octanol–water partition coefficient (Wildman–Crippen LogP) is 2.88. The van der Waals surface area contributed by atoms with E-state index in [-0.39, 0.29) is 18.3 Å². The molecule has 2 aliphatic heterocycles. The summed E-state index contributed by atoms with van der Waals surface area (Å²) in [6.45, 7) is 8.92. The van der Waals surface area contributed by atoms with Gasteiger partial charge in [0.2, 0.25) is 0 Å². The largest absolute Gasteiger partial charge is 0.491 e. The Morgan fingerprint density at radius 3 is 2.60 bits per heavy atom. The van der Waals surface area contributed by atoms with E-state index in [0.29, 0.717) is 6.61 Å². The molecule has 0 atom stereocenters. The third-order valence-corrected chi connectivity index (χ3v) is 4.37. The fourth-order valence-corrected chi connectivity index (χ4v) is 2.46. The monoisotopic (exact) mass is 273 g/mol. The summed E-state index contributed by atoms with van der Waals surface area (Å²) in [7, 11) is -0.311. The van der Waals surface area contributed by atoms with Crippen LogP contribution in [0.25, 0.3) is 5.57 Å². The van der Waals surface area contributed by atoms with Gasteiger partial charge in [-0.2, -0.15) is 0 Å². The maximum absolute atomic E-state index is 6.03. The summed E-state index contributed by atoms with van der Waals surface area (Å²) in [5, 5.41) is 0. The Hall–Kier alpha value is -1.33. The molecule has 5 heteroatoms. The standard InChI is InChI=1S/C15H20BNO3/c1-14(2)15(3,4)20-16(19-14)9-11-6-8-18-13-10-17-7-5-12(11)13/h5,7,9-10H,6,8H2,1-4H3/b11-9+. The second-order valence-electron chi connectivity index (χ2n) is 6.29. The van der Waals surface area contributed by atoms with Crippen LogP contribution >= 0.6 is 0 Å². The van der Waals surface area contributed by atoms with E-state index in [4.69, 9.17) is 14.0 Å². The summed E-state index contributed by atoms with van der Waals surface area (Å²) in [5.41, 5.74) is 1.68. The van der Waals surface area contributed by atoms with Crippen molar-refractivity contribution in [1.29, 1.82) is 0 Å². The average Bonchev–Trinajstić information content (AvgIpc) is 2.58. The number of fused-ring (bicyclic) bond motifs is 1. The zero-order valence-electron chi connectivity index (χ0n) is 12.5. The normalized spacial score (nSPS) is 25.4. The number of hydrogen-bond donors (Lipinski definition) is 0. The van der Waals surface area contributed by atoms with Crippen molar-refractivity contribution in [3.8, 4) is 5.75 Å². The molecule has 0 N–H and O–H groups in total. The molecule has 3 rings (SSSR count). The van der Waals surface area contributed by atoms with E-state index in [1.54, 1.807) is 12.4 Å². The minimum Gasteiger partial charge on any atom is -0.491 e. The molecule has 0 aliphatic carbocycles. The number of pyridine rings is 1. The molecule has 0 amide bonds. The Bertz CT molecular complexity index is 538. The maximum atomic E-state index is 6.03. The summed E-state index contributed by atoms with van der Waals surface area (Å²) in [5.74, 6) is 2.90. The van der Waals surface area contributed by atoms with E-state index in [2.05, 4.69) is 38.7 Å². The van der Waals surface area contributed by atoms with Gasteiger partial charge in [-0.15, -0.1) is 0 Å². The molecule has 0 bridgehead atoms. The summed E-state index contributed by atoms with van der Waals surface area (Å²) >= 11 is 0. The molecular weight excluding hydrogens is 253 g/mol. The minimum atomic E-state index is -0.311. The van der Waals surface area contributed by atoms with Crippen molar-refractivity contribution in [2.45, 2.75) is 45.3 Å². The van der Waals surface area contributed by atoms with Gasteiger partial charge in [0, 0.05) is 18.2 Å². The molecule has 4 nitrogen and oxygen atoms in total. The summed E-state index contributed by atoms with van der Waals surface area (Å²) in [6, 6.07) is 1.98. The molecule has 0 radical (unpaired) electrons. The Morgan fingerprint density at radius 2 is 1.90 bits per heavy atom. The van der Waals surface area contributed by atoms with Crippen molar-refractivity contribution in [1.82, 2.24) is 4.98 Å². The SMILES string of the molecule is CC1(C)OB(/C=C2\CCOc3cnccc32)OC1(C)C. The lowest BCUT2D eigenvalue weighted by Gasteiger charge is -2.32. The van der Waals surface area contributed by atoms with Gasteiger partial charge in [0.15, 0.2) is 0 Å². The lowest BCUT2D eigenvalue weighted by Crippen LogP contribution is -2.41. The topological polar surface area (TPSA) is 40.6 Å². The van der Waals surface area contributed by atoms with Crippen LogP contribution in [0.5, 0.6) is 5.75 Å². The molecule has 1 aromatic heterocycles. The van der Waals surface area contributed by atoms with Crippen molar-refractivity contribution in [3.05, 3.63) is 30.0 Å². The van der Waals surface area contributed by atoms with Gasteiger partial charge in [-0.05, 0) is 39.3 Å². The fraction of sp³-hybridized carbons (Fsp3) is 0.533. The highest BCUT2D eigenvalue weighted by Crippen LogP contribution is 2.39. The number of ether oxygens (including phenoxy) is 1. The lowest BCUT2D eigenvalue weighted by molar-refractivity contribution is 0.00578. The van der Waals surface area contributed by atoms with Crippen LogP contribution < -0.4 is 4.74 Å². The average molecular weight is 273 g/mol. The number of rotatable bonds is 1. The van der Waals surface area contributed by atoms with Crippen molar-refractivity contribution in [3.63, 3.8) is 0 Å². The fourth-order valence-electron chi connectivity index (χ4n) is 2.46. The second kappa shape index (κ2) is 4.60. The predicted molar refractivity (Wildman–Crippen MR) is 78.4 cm³/mol. The van der Waals surface area contributed by atoms with Crippen LogP contribution in [0.1, 0.15) is 39.7 Å². The third-order valence-electron chi connectivity index (χ3n) is 4.37. The van der Waals surface area contributed by atoms with Crippen LogP contribution in [0.3, 0.4) is 0 Å². The zero-order chi connectivity index (χ0) is 14.4. The molecule has 0 spiro atoms. The maximum Gasteiger partial charge on any atom is 0.487 e. The molecule has 1 aromatic rings. The zero-order valence-corrected chi connectivity index (χ0v) is 12.5. The molecule has 2 aliphatic rings. The van der Waals surface area contributed by atoms with E-state index in [1.807, 2.05) is 6.07 Å². The molecule has 1 fully saturated rings. The van der Waals surface area contributed by atoms with Crippen LogP contribution in [0.2, 0.25) is 0 Å². The highest BCUT2D eigenvalue weighted by molar-refractivity contribution is 6.53. The summed E-state index contributed by atoms with van der Waals surface area (Å²) in [6.07, 6.45) is 4.40.